The van der Waals surface area contributed by atoms with Crippen molar-refractivity contribution < 1.29 is 35.1 Å². The number of aromatic hydroxyl groups is 1. The summed E-state index contributed by atoms with van der Waals surface area (Å²) < 4.78 is 0. The minimum Gasteiger partial charge on any atom is -0.550 e. The van der Waals surface area contributed by atoms with Gasteiger partial charge in [0.2, 0.25) is 0 Å². The lowest BCUT2D eigenvalue weighted by molar-refractivity contribution is -0.305. The zero-order chi connectivity index (χ0) is 17.3. The van der Waals surface area contributed by atoms with Gasteiger partial charge in [0.15, 0.2) is 0 Å². The molecule has 1 rings (SSSR count). The topological polar surface area (TPSA) is 154 Å². The standard InChI is InChI=1S/C8H11NO3.C6H8O4/c1-5-8(12)7(4-11)6(3-10)2-9-5;1-4(6(9)10)2-3-5(7)8/h2,10-12H,3-4H2,1H3;1-3H2,(H,7,8)(H,9,10)/p-2. The highest BCUT2D eigenvalue weighted by Gasteiger charge is 2.09. The van der Waals surface area contributed by atoms with Crippen LogP contribution in [0.2, 0.25) is 0 Å². The predicted octanol–water partition coefficient (Wildman–Crippen LogP) is -2.10. The van der Waals surface area contributed by atoms with E-state index >= 15 is 0 Å². The number of hydrogen-bond acceptors (Lipinski definition) is 8. The molecule has 0 spiro atoms. The second kappa shape index (κ2) is 9.48. The average molecular weight is 311 g/mol. The van der Waals surface area contributed by atoms with Crippen LogP contribution in [-0.2, 0) is 22.8 Å². The number of carbonyl (C=O) groups excluding carboxylic acids is 2. The summed E-state index contributed by atoms with van der Waals surface area (Å²) in [6.45, 7) is 4.20. The Balaban J connectivity index is 0.000000409. The molecule has 8 heteroatoms. The number of rotatable bonds is 6. The third-order valence-corrected chi connectivity index (χ3v) is 2.68. The minimum atomic E-state index is -1.42. The highest BCUT2D eigenvalue weighted by Crippen LogP contribution is 2.23. The highest BCUT2D eigenvalue weighted by molar-refractivity contribution is 5.84. The van der Waals surface area contributed by atoms with Crippen LogP contribution < -0.4 is 10.2 Å². The van der Waals surface area contributed by atoms with Gasteiger partial charge < -0.3 is 35.1 Å². The number of nitrogens with zero attached hydrogens (tertiary/aromatic N) is 1. The van der Waals surface area contributed by atoms with Gasteiger partial charge in [-0.05, 0) is 25.3 Å². The van der Waals surface area contributed by atoms with Crippen molar-refractivity contribution in [1.82, 2.24) is 4.98 Å². The number of aliphatic hydroxyl groups is 2. The molecule has 0 aliphatic heterocycles. The maximum absolute atomic E-state index is 9.89. The molecule has 0 radical (unpaired) electrons. The number of hydrogen-bond donors (Lipinski definition) is 3. The summed E-state index contributed by atoms with van der Waals surface area (Å²) in [7, 11) is 0. The van der Waals surface area contributed by atoms with Crippen molar-refractivity contribution in [2.75, 3.05) is 0 Å². The fourth-order valence-electron chi connectivity index (χ4n) is 1.35. The Kier molecular flexibility index (Phi) is 8.42. The first-order valence-corrected chi connectivity index (χ1v) is 6.21. The molecular weight excluding hydrogens is 294 g/mol. The Labute approximate surface area is 127 Å². The van der Waals surface area contributed by atoms with Gasteiger partial charge in [-0.1, -0.05) is 6.58 Å². The van der Waals surface area contributed by atoms with Crippen molar-refractivity contribution in [2.45, 2.75) is 33.0 Å². The molecule has 122 valence electrons. The lowest BCUT2D eigenvalue weighted by Gasteiger charge is -2.07. The first-order valence-electron chi connectivity index (χ1n) is 6.21. The number of carboxylic acid groups (broad SMARTS) is 2. The number of carbonyl (C=O) groups is 2. The summed E-state index contributed by atoms with van der Waals surface area (Å²) in [6.07, 6.45) is 0.998. The zero-order valence-electron chi connectivity index (χ0n) is 12.0. The van der Waals surface area contributed by atoms with Crippen LogP contribution in [0.3, 0.4) is 0 Å². The quantitative estimate of drug-likeness (QED) is 0.505. The average Bonchev–Trinajstić information content (AvgIpc) is 2.47. The van der Waals surface area contributed by atoms with E-state index in [2.05, 4.69) is 11.6 Å². The maximum atomic E-state index is 9.89. The number of aliphatic carboxylic acids is 2. The molecule has 22 heavy (non-hydrogen) atoms. The summed E-state index contributed by atoms with van der Waals surface area (Å²) in [4.78, 5) is 23.5. The molecule has 1 aromatic heterocycles. The molecule has 1 aromatic rings. The van der Waals surface area contributed by atoms with Gasteiger partial charge >= 0.3 is 0 Å². The van der Waals surface area contributed by atoms with Crippen LogP contribution in [0.15, 0.2) is 18.3 Å². The van der Waals surface area contributed by atoms with Gasteiger partial charge in [-0.25, -0.2) is 0 Å². The molecule has 3 N–H and O–H groups in total. The van der Waals surface area contributed by atoms with E-state index in [9.17, 15) is 24.9 Å². The molecule has 0 unspecified atom stereocenters. The number of aryl methyl sites for hydroxylation is 1. The van der Waals surface area contributed by atoms with Crippen molar-refractivity contribution in [2.24, 2.45) is 0 Å². The normalized spacial score (nSPS) is 9.59. The summed E-state index contributed by atoms with van der Waals surface area (Å²) in [6, 6.07) is 0. The minimum absolute atomic E-state index is 0.0379. The fourth-order valence-corrected chi connectivity index (χ4v) is 1.35. The monoisotopic (exact) mass is 311 g/mol. The Bertz CT molecular complexity index is 554. The van der Waals surface area contributed by atoms with Gasteiger partial charge in [0, 0.05) is 23.3 Å². The molecule has 0 saturated carbocycles. The number of pyridine rings is 1. The van der Waals surface area contributed by atoms with Crippen LogP contribution in [0.1, 0.15) is 29.7 Å². The van der Waals surface area contributed by atoms with Crippen molar-refractivity contribution in [3.8, 4) is 5.75 Å². The van der Waals surface area contributed by atoms with Crippen LogP contribution >= 0.6 is 0 Å². The molecule has 0 aromatic carbocycles. The van der Waals surface area contributed by atoms with E-state index in [1.807, 2.05) is 0 Å². The molecule has 0 saturated heterocycles. The van der Waals surface area contributed by atoms with Crippen LogP contribution in [0, 0.1) is 6.92 Å². The van der Waals surface area contributed by atoms with Gasteiger partial charge in [-0.2, -0.15) is 0 Å². The summed E-state index contributed by atoms with van der Waals surface area (Å²) >= 11 is 0. The van der Waals surface area contributed by atoms with E-state index in [1.165, 1.54) is 6.20 Å². The third kappa shape index (κ3) is 6.33. The Morgan fingerprint density at radius 1 is 1.23 bits per heavy atom. The molecule has 0 fully saturated rings. The fraction of sp³-hybridized carbons (Fsp3) is 0.357. The number of carboxylic acids is 2. The second-order valence-electron chi connectivity index (χ2n) is 4.28. The van der Waals surface area contributed by atoms with E-state index in [0.29, 0.717) is 16.8 Å². The number of aliphatic hydroxyl groups excluding tert-OH is 2. The van der Waals surface area contributed by atoms with E-state index in [4.69, 9.17) is 10.2 Å². The van der Waals surface area contributed by atoms with Crippen LogP contribution in [-0.4, -0.2) is 32.2 Å². The van der Waals surface area contributed by atoms with Crippen LogP contribution in [0.4, 0.5) is 0 Å². The van der Waals surface area contributed by atoms with E-state index in [-0.39, 0.29) is 37.4 Å². The molecule has 8 nitrogen and oxygen atoms in total. The van der Waals surface area contributed by atoms with Crippen LogP contribution in [0.25, 0.3) is 0 Å². The Morgan fingerprint density at radius 2 is 1.82 bits per heavy atom. The molecule has 1 heterocycles. The Morgan fingerprint density at radius 3 is 2.23 bits per heavy atom. The van der Waals surface area contributed by atoms with Crippen molar-refractivity contribution in [1.29, 1.82) is 0 Å². The second-order valence-corrected chi connectivity index (χ2v) is 4.28. The molecule has 0 atom stereocenters. The molecular formula is C14H17NO7-2. The molecule has 0 amide bonds. The van der Waals surface area contributed by atoms with Crippen LogP contribution in [0.5, 0.6) is 5.75 Å². The van der Waals surface area contributed by atoms with Crippen molar-refractivity contribution >= 4 is 11.9 Å². The van der Waals surface area contributed by atoms with Gasteiger partial charge in [0.05, 0.1) is 24.9 Å². The highest BCUT2D eigenvalue weighted by atomic mass is 16.4. The van der Waals surface area contributed by atoms with E-state index < -0.39 is 11.9 Å². The van der Waals surface area contributed by atoms with Gasteiger partial charge in [0.25, 0.3) is 0 Å². The molecule has 0 aliphatic rings. The zero-order valence-corrected chi connectivity index (χ0v) is 12.0. The smallest absolute Gasteiger partial charge is 0.142 e. The maximum Gasteiger partial charge on any atom is 0.142 e. The summed E-state index contributed by atoms with van der Waals surface area (Å²) in [5.41, 5.74) is 1.05. The number of aromatic nitrogens is 1. The first-order chi connectivity index (χ1) is 10.2. The van der Waals surface area contributed by atoms with Crippen molar-refractivity contribution in [3.63, 3.8) is 0 Å². The Hall–Kier alpha value is -2.45. The third-order valence-electron chi connectivity index (χ3n) is 2.68. The van der Waals surface area contributed by atoms with E-state index in [0.717, 1.165) is 0 Å². The van der Waals surface area contributed by atoms with E-state index in [1.54, 1.807) is 6.92 Å². The van der Waals surface area contributed by atoms with Gasteiger partial charge in [-0.15, -0.1) is 0 Å². The first kappa shape index (κ1) is 19.6. The predicted molar refractivity (Wildman–Crippen MR) is 70.9 cm³/mol. The summed E-state index contributed by atoms with van der Waals surface area (Å²) in [5.74, 6) is -2.74. The summed E-state index contributed by atoms with van der Waals surface area (Å²) in [5, 5.41) is 46.7. The lowest BCUT2D eigenvalue weighted by atomic mass is 10.1. The lowest BCUT2D eigenvalue weighted by Crippen LogP contribution is -2.26. The SMILES string of the molecule is C=C(CCC(=O)[O-])C(=O)[O-].Cc1ncc(CO)c(CO)c1O. The molecule has 0 bridgehead atoms. The van der Waals surface area contributed by atoms with Gasteiger partial charge in [0.1, 0.15) is 5.75 Å². The largest absolute Gasteiger partial charge is 0.550 e. The molecule has 0 aliphatic carbocycles. The van der Waals surface area contributed by atoms with Crippen molar-refractivity contribution in [3.05, 3.63) is 35.2 Å². The van der Waals surface area contributed by atoms with Gasteiger partial charge in [-0.3, -0.25) is 4.98 Å².